The first-order valence-electron chi connectivity index (χ1n) is 6.39. The Morgan fingerprint density at radius 3 is 2.67 bits per heavy atom. The molecule has 5 heteroatoms. The summed E-state index contributed by atoms with van der Waals surface area (Å²) in [6.45, 7) is 1.85. The smallest absolute Gasteiger partial charge is 0.335 e. The first kappa shape index (κ1) is 14.6. The Kier molecular flexibility index (Phi) is 4.56. The lowest BCUT2D eigenvalue weighted by Crippen LogP contribution is -2.03. The van der Waals surface area contributed by atoms with E-state index in [1.54, 1.807) is 19.2 Å². The van der Waals surface area contributed by atoms with Gasteiger partial charge in [-0.05, 0) is 37.3 Å². The van der Waals surface area contributed by atoms with Gasteiger partial charge in [0.05, 0.1) is 24.1 Å². The Morgan fingerprint density at radius 1 is 1.19 bits per heavy atom. The minimum absolute atomic E-state index is 0.213. The number of hydrogen-bond donors (Lipinski definition) is 2. The number of methoxy groups -OCH3 is 1. The van der Waals surface area contributed by atoms with Crippen LogP contribution in [0.1, 0.15) is 22.8 Å². The highest BCUT2D eigenvalue weighted by atomic mass is 16.5. The molecule has 2 aromatic carbocycles. The predicted octanol–water partition coefficient (Wildman–Crippen LogP) is 3.23. The molecular formula is C16H16N2O3. The third kappa shape index (κ3) is 3.60. The molecule has 0 saturated heterocycles. The zero-order valence-electron chi connectivity index (χ0n) is 11.8. The molecule has 5 nitrogen and oxygen atoms in total. The summed E-state index contributed by atoms with van der Waals surface area (Å²) in [6.07, 6.45) is 0. The number of nitrogens with one attached hydrogen (secondary N) is 1. The van der Waals surface area contributed by atoms with Crippen LogP contribution < -0.4 is 10.2 Å². The molecule has 0 aliphatic heterocycles. The van der Waals surface area contributed by atoms with E-state index in [0.29, 0.717) is 5.69 Å². The van der Waals surface area contributed by atoms with Gasteiger partial charge in [0.2, 0.25) is 0 Å². The first-order valence-corrected chi connectivity index (χ1v) is 6.39. The van der Waals surface area contributed by atoms with Crippen molar-refractivity contribution >= 4 is 17.4 Å². The number of ether oxygens (including phenoxy) is 1. The standard InChI is InChI=1S/C16H16N2O3/c1-11(14-8-3-4-9-15(14)21-2)17-18-13-7-5-6-12(10-13)16(19)20/h3-10,18H,1-2H3,(H,19,20)/b17-11+. The second-order valence-corrected chi connectivity index (χ2v) is 4.40. The van der Waals surface area contributed by atoms with E-state index in [2.05, 4.69) is 10.5 Å². The maximum Gasteiger partial charge on any atom is 0.335 e. The number of rotatable bonds is 5. The van der Waals surface area contributed by atoms with Gasteiger partial charge in [-0.25, -0.2) is 4.79 Å². The van der Waals surface area contributed by atoms with Crippen molar-refractivity contribution in [3.8, 4) is 5.75 Å². The number of carboxylic acid groups (broad SMARTS) is 1. The second kappa shape index (κ2) is 6.56. The Balaban J connectivity index is 2.20. The van der Waals surface area contributed by atoms with Crippen molar-refractivity contribution in [3.63, 3.8) is 0 Å². The van der Waals surface area contributed by atoms with E-state index in [9.17, 15) is 4.79 Å². The van der Waals surface area contributed by atoms with Crippen LogP contribution in [0.2, 0.25) is 0 Å². The summed E-state index contributed by atoms with van der Waals surface area (Å²) < 4.78 is 5.28. The summed E-state index contributed by atoms with van der Waals surface area (Å²) in [5.74, 6) is -0.232. The van der Waals surface area contributed by atoms with Gasteiger partial charge >= 0.3 is 5.97 Å². The fraction of sp³-hybridized carbons (Fsp3) is 0.125. The molecule has 2 aromatic rings. The van der Waals surface area contributed by atoms with Crippen LogP contribution in [-0.4, -0.2) is 23.9 Å². The summed E-state index contributed by atoms with van der Waals surface area (Å²) >= 11 is 0. The third-order valence-electron chi connectivity index (χ3n) is 2.96. The van der Waals surface area contributed by atoms with Crippen molar-refractivity contribution in [1.29, 1.82) is 0 Å². The molecule has 0 aromatic heterocycles. The molecule has 0 amide bonds. The zero-order valence-corrected chi connectivity index (χ0v) is 11.8. The molecule has 0 aliphatic carbocycles. The van der Waals surface area contributed by atoms with Crippen LogP contribution in [0.25, 0.3) is 0 Å². The number of hydrazone groups is 1. The lowest BCUT2D eigenvalue weighted by Gasteiger charge is -2.08. The van der Waals surface area contributed by atoms with Crippen LogP contribution in [0.5, 0.6) is 5.75 Å². The van der Waals surface area contributed by atoms with Crippen molar-refractivity contribution in [2.45, 2.75) is 6.92 Å². The van der Waals surface area contributed by atoms with E-state index in [1.807, 2.05) is 31.2 Å². The van der Waals surface area contributed by atoms with Crippen molar-refractivity contribution in [1.82, 2.24) is 0 Å². The molecule has 2 N–H and O–H groups in total. The highest BCUT2D eigenvalue weighted by Crippen LogP contribution is 2.18. The number of aromatic carboxylic acids is 1. The Hall–Kier alpha value is -2.82. The monoisotopic (exact) mass is 284 g/mol. The van der Waals surface area contributed by atoms with Gasteiger partial charge in [-0.2, -0.15) is 5.10 Å². The SMILES string of the molecule is COc1ccccc1/C(C)=N/Nc1cccc(C(=O)O)c1. The predicted molar refractivity (Wildman–Crippen MR) is 82.2 cm³/mol. The van der Waals surface area contributed by atoms with Crippen LogP contribution in [0.3, 0.4) is 0 Å². The van der Waals surface area contributed by atoms with E-state index in [1.165, 1.54) is 12.1 Å². The van der Waals surface area contributed by atoms with Gasteiger partial charge in [-0.3, -0.25) is 5.43 Å². The second-order valence-electron chi connectivity index (χ2n) is 4.40. The highest BCUT2D eigenvalue weighted by molar-refractivity contribution is 6.01. The third-order valence-corrected chi connectivity index (χ3v) is 2.96. The fourth-order valence-corrected chi connectivity index (χ4v) is 1.87. The number of carbonyl (C=O) groups is 1. The van der Waals surface area contributed by atoms with Crippen LogP contribution in [0.15, 0.2) is 53.6 Å². The minimum atomic E-state index is -0.968. The van der Waals surface area contributed by atoms with Crippen molar-refractivity contribution in [2.24, 2.45) is 5.10 Å². The topological polar surface area (TPSA) is 70.9 Å². The van der Waals surface area contributed by atoms with E-state index in [-0.39, 0.29) is 5.56 Å². The first-order chi connectivity index (χ1) is 10.1. The Bertz CT molecular complexity index is 681. The molecule has 0 unspecified atom stereocenters. The molecule has 108 valence electrons. The van der Waals surface area contributed by atoms with Gasteiger partial charge in [0.1, 0.15) is 5.75 Å². The Morgan fingerprint density at radius 2 is 1.95 bits per heavy atom. The van der Waals surface area contributed by atoms with Crippen LogP contribution >= 0.6 is 0 Å². The fourth-order valence-electron chi connectivity index (χ4n) is 1.87. The molecule has 0 heterocycles. The van der Waals surface area contributed by atoms with Crippen molar-refractivity contribution < 1.29 is 14.6 Å². The summed E-state index contributed by atoms with van der Waals surface area (Å²) in [6, 6.07) is 14.0. The molecule has 0 aliphatic rings. The van der Waals surface area contributed by atoms with Crippen LogP contribution in [-0.2, 0) is 0 Å². The molecule has 21 heavy (non-hydrogen) atoms. The summed E-state index contributed by atoms with van der Waals surface area (Å²) in [5.41, 5.74) is 5.31. The quantitative estimate of drug-likeness (QED) is 0.653. The molecule has 0 bridgehead atoms. The van der Waals surface area contributed by atoms with E-state index < -0.39 is 5.97 Å². The van der Waals surface area contributed by atoms with Crippen molar-refractivity contribution in [2.75, 3.05) is 12.5 Å². The van der Waals surface area contributed by atoms with Crippen LogP contribution in [0, 0.1) is 0 Å². The number of para-hydroxylation sites is 1. The normalized spacial score (nSPS) is 11.0. The highest BCUT2D eigenvalue weighted by Gasteiger charge is 2.05. The molecular weight excluding hydrogens is 268 g/mol. The summed E-state index contributed by atoms with van der Waals surface area (Å²) in [4.78, 5) is 10.9. The largest absolute Gasteiger partial charge is 0.496 e. The maximum absolute atomic E-state index is 10.9. The van der Waals surface area contributed by atoms with E-state index in [0.717, 1.165) is 17.0 Å². The van der Waals surface area contributed by atoms with Gasteiger partial charge in [0.25, 0.3) is 0 Å². The van der Waals surface area contributed by atoms with Gasteiger partial charge in [-0.15, -0.1) is 0 Å². The zero-order chi connectivity index (χ0) is 15.2. The molecule has 0 radical (unpaired) electrons. The van der Waals surface area contributed by atoms with Gasteiger partial charge < -0.3 is 9.84 Å². The average Bonchev–Trinajstić information content (AvgIpc) is 2.52. The molecule has 0 atom stereocenters. The van der Waals surface area contributed by atoms with E-state index >= 15 is 0 Å². The van der Waals surface area contributed by atoms with Gasteiger partial charge in [0, 0.05) is 5.56 Å². The lowest BCUT2D eigenvalue weighted by molar-refractivity contribution is 0.0697. The Labute approximate surface area is 122 Å². The number of nitrogens with zero attached hydrogens (tertiary/aromatic N) is 1. The summed E-state index contributed by atoms with van der Waals surface area (Å²) in [7, 11) is 1.61. The van der Waals surface area contributed by atoms with E-state index in [4.69, 9.17) is 9.84 Å². The number of carboxylic acids is 1. The molecule has 0 spiro atoms. The van der Waals surface area contributed by atoms with Gasteiger partial charge in [0.15, 0.2) is 0 Å². The van der Waals surface area contributed by atoms with Crippen molar-refractivity contribution in [3.05, 3.63) is 59.7 Å². The molecule has 0 fully saturated rings. The van der Waals surface area contributed by atoms with Crippen LogP contribution in [0.4, 0.5) is 5.69 Å². The van der Waals surface area contributed by atoms with Gasteiger partial charge in [-0.1, -0.05) is 18.2 Å². The molecule has 2 rings (SSSR count). The minimum Gasteiger partial charge on any atom is -0.496 e. The lowest BCUT2D eigenvalue weighted by atomic mass is 10.1. The number of anilines is 1. The maximum atomic E-state index is 10.9. The average molecular weight is 284 g/mol. The number of hydrogen-bond acceptors (Lipinski definition) is 4. The number of benzene rings is 2. The summed E-state index contributed by atoms with van der Waals surface area (Å²) in [5, 5.41) is 13.2. The molecule has 0 saturated carbocycles.